The first-order chi connectivity index (χ1) is 13.3. The van der Waals surface area contributed by atoms with Gasteiger partial charge in [0.15, 0.2) is 5.60 Å². The predicted molar refractivity (Wildman–Crippen MR) is 106 cm³/mol. The number of aliphatic hydroxyl groups is 1. The second-order valence-corrected chi connectivity index (χ2v) is 7.09. The molecule has 1 N–H and O–H groups in total. The molecular weight excluding hydrogens is 358 g/mol. The molecule has 0 radical (unpaired) electrons. The quantitative estimate of drug-likeness (QED) is 0.709. The number of nitrogens with zero attached hydrogens (tertiary/aromatic N) is 1. The Morgan fingerprint density at radius 1 is 1.14 bits per heavy atom. The highest BCUT2D eigenvalue weighted by Gasteiger charge is 2.50. The van der Waals surface area contributed by atoms with Gasteiger partial charge in [-0.3, -0.25) is 9.59 Å². The summed E-state index contributed by atoms with van der Waals surface area (Å²) in [6.45, 7) is 4.09. The summed E-state index contributed by atoms with van der Waals surface area (Å²) >= 11 is 0. The summed E-state index contributed by atoms with van der Waals surface area (Å²) < 4.78 is 10.8. The number of aryl methyl sites for hydroxylation is 1. The zero-order valence-electron chi connectivity index (χ0n) is 16.4. The van der Waals surface area contributed by atoms with Crippen molar-refractivity contribution in [1.29, 1.82) is 0 Å². The zero-order valence-corrected chi connectivity index (χ0v) is 16.4. The lowest BCUT2D eigenvalue weighted by Gasteiger charge is -2.22. The molecule has 0 fully saturated rings. The number of hydrogen-bond acceptors (Lipinski definition) is 5. The van der Waals surface area contributed by atoms with Gasteiger partial charge in [-0.25, -0.2) is 0 Å². The Kier molecular flexibility index (Phi) is 5.70. The van der Waals surface area contributed by atoms with Crippen molar-refractivity contribution < 1.29 is 24.2 Å². The molecule has 6 heteroatoms. The van der Waals surface area contributed by atoms with E-state index in [0.29, 0.717) is 30.8 Å². The minimum absolute atomic E-state index is 0.221. The number of benzene rings is 2. The van der Waals surface area contributed by atoms with Gasteiger partial charge < -0.3 is 19.5 Å². The fourth-order valence-electron chi connectivity index (χ4n) is 3.50. The fraction of sp³-hybridized carbons (Fsp3) is 0.364. The summed E-state index contributed by atoms with van der Waals surface area (Å²) in [5, 5.41) is 11.0. The third-order valence-electron chi connectivity index (χ3n) is 4.85. The molecule has 148 valence electrons. The van der Waals surface area contributed by atoms with E-state index in [9.17, 15) is 14.7 Å². The molecule has 1 atom stereocenters. The molecule has 0 saturated carbocycles. The average molecular weight is 383 g/mol. The number of ketones is 1. The molecule has 1 aliphatic heterocycles. The Labute approximate surface area is 164 Å². The molecule has 28 heavy (non-hydrogen) atoms. The maximum Gasteiger partial charge on any atom is 0.264 e. The normalized spacial score (nSPS) is 18.1. The van der Waals surface area contributed by atoms with Gasteiger partial charge in [0, 0.05) is 18.5 Å². The third kappa shape index (κ3) is 3.87. The average Bonchev–Trinajstić information content (AvgIpc) is 2.86. The van der Waals surface area contributed by atoms with E-state index in [1.807, 2.05) is 43.3 Å². The number of fused-ring (bicyclic) bond motifs is 1. The summed E-state index contributed by atoms with van der Waals surface area (Å²) in [5.74, 6) is 0.796. The van der Waals surface area contributed by atoms with Gasteiger partial charge >= 0.3 is 0 Å². The molecule has 6 nitrogen and oxygen atoms in total. The molecule has 0 spiro atoms. The highest BCUT2D eigenvalue weighted by atomic mass is 16.5. The lowest BCUT2D eigenvalue weighted by Crippen LogP contribution is -2.42. The van der Waals surface area contributed by atoms with Crippen LogP contribution in [0.5, 0.6) is 11.5 Å². The molecular formula is C22H25NO5. The van der Waals surface area contributed by atoms with Crippen molar-refractivity contribution in [3.8, 4) is 11.5 Å². The standard InChI is InChI=1S/C22H25NO5/c1-15-5-10-20-19(13-15)22(26,14-16(2)24)21(25)23(20)11-4-12-28-18-8-6-17(27-3)7-9-18/h5-10,13,26H,4,11-12,14H2,1-3H3/t22-/m1/s1. The Morgan fingerprint density at radius 2 is 1.82 bits per heavy atom. The molecule has 1 aliphatic rings. The van der Waals surface area contributed by atoms with Crippen LogP contribution in [0.15, 0.2) is 42.5 Å². The molecule has 2 aromatic carbocycles. The van der Waals surface area contributed by atoms with Crippen LogP contribution in [0.4, 0.5) is 5.69 Å². The second kappa shape index (κ2) is 8.02. The first kappa shape index (κ1) is 19.9. The number of ether oxygens (including phenoxy) is 2. The van der Waals surface area contributed by atoms with Gasteiger partial charge in [-0.15, -0.1) is 0 Å². The van der Waals surface area contributed by atoms with E-state index >= 15 is 0 Å². The van der Waals surface area contributed by atoms with Crippen LogP contribution in [-0.2, 0) is 15.2 Å². The summed E-state index contributed by atoms with van der Waals surface area (Å²) in [7, 11) is 1.61. The van der Waals surface area contributed by atoms with Crippen molar-refractivity contribution in [1.82, 2.24) is 0 Å². The van der Waals surface area contributed by atoms with E-state index < -0.39 is 11.5 Å². The minimum atomic E-state index is -1.79. The van der Waals surface area contributed by atoms with Gasteiger partial charge in [0.05, 0.1) is 19.4 Å². The first-order valence-corrected chi connectivity index (χ1v) is 9.27. The van der Waals surface area contributed by atoms with Crippen LogP contribution in [-0.4, -0.2) is 37.1 Å². The fourth-order valence-corrected chi connectivity index (χ4v) is 3.50. The molecule has 2 aromatic rings. The number of methoxy groups -OCH3 is 1. The molecule has 0 aromatic heterocycles. The lowest BCUT2D eigenvalue weighted by atomic mass is 9.89. The second-order valence-electron chi connectivity index (χ2n) is 7.09. The van der Waals surface area contributed by atoms with Crippen LogP contribution in [0.3, 0.4) is 0 Å². The van der Waals surface area contributed by atoms with E-state index in [2.05, 4.69) is 0 Å². The monoisotopic (exact) mass is 383 g/mol. The maximum absolute atomic E-state index is 12.9. The smallest absolute Gasteiger partial charge is 0.264 e. The number of hydrogen-bond donors (Lipinski definition) is 1. The molecule has 0 aliphatic carbocycles. The number of Topliss-reactive ketones (excluding diaryl/α,β-unsaturated/α-hetero) is 1. The van der Waals surface area contributed by atoms with E-state index in [-0.39, 0.29) is 12.2 Å². The SMILES string of the molecule is COc1ccc(OCCCN2C(=O)[C@@](O)(CC(C)=O)c3cc(C)ccc32)cc1. The van der Waals surface area contributed by atoms with Crippen molar-refractivity contribution in [2.75, 3.05) is 25.2 Å². The van der Waals surface area contributed by atoms with E-state index in [1.54, 1.807) is 18.1 Å². The van der Waals surface area contributed by atoms with Gasteiger partial charge in [-0.2, -0.15) is 0 Å². The maximum atomic E-state index is 12.9. The van der Waals surface area contributed by atoms with Crippen molar-refractivity contribution >= 4 is 17.4 Å². The van der Waals surface area contributed by atoms with Gasteiger partial charge in [0.1, 0.15) is 17.3 Å². The topological polar surface area (TPSA) is 76.1 Å². The number of amides is 1. The Hall–Kier alpha value is -2.86. The van der Waals surface area contributed by atoms with Crippen LogP contribution in [0, 0.1) is 6.92 Å². The first-order valence-electron chi connectivity index (χ1n) is 9.27. The number of carbonyl (C=O) groups excluding carboxylic acids is 2. The number of carbonyl (C=O) groups is 2. The zero-order chi connectivity index (χ0) is 20.3. The van der Waals surface area contributed by atoms with Crippen LogP contribution >= 0.6 is 0 Å². The lowest BCUT2D eigenvalue weighted by molar-refractivity contribution is -0.141. The summed E-state index contributed by atoms with van der Waals surface area (Å²) in [4.78, 5) is 26.1. The molecule has 0 saturated heterocycles. The van der Waals surface area contributed by atoms with E-state index in [4.69, 9.17) is 9.47 Å². The van der Waals surface area contributed by atoms with Gasteiger partial charge in [-0.1, -0.05) is 17.7 Å². The minimum Gasteiger partial charge on any atom is -0.497 e. The molecule has 1 heterocycles. The Bertz CT molecular complexity index is 877. The highest BCUT2D eigenvalue weighted by Crippen LogP contribution is 2.43. The van der Waals surface area contributed by atoms with Crippen LogP contribution < -0.4 is 14.4 Å². The van der Waals surface area contributed by atoms with Gasteiger partial charge in [-0.05, 0) is 50.6 Å². The number of rotatable bonds is 8. The molecule has 3 rings (SSSR count). The summed E-state index contributed by atoms with van der Waals surface area (Å²) in [5.41, 5.74) is 0.301. The summed E-state index contributed by atoms with van der Waals surface area (Å²) in [6.07, 6.45) is 0.363. The van der Waals surface area contributed by atoms with Crippen molar-refractivity contribution in [3.63, 3.8) is 0 Å². The van der Waals surface area contributed by atoms with Crippen LogP contribution in [0.1, 0.15) is 30.9 Å². The van der Waals surface area contributed by atoms with Crippen LogP contribution in [0.2, 0.25) is 0 Å². The Morgan fingerprint density at radius 3 is 2.46 bits per heavy atom. The highest BCUT2D eigenvalue weighted by molar-refractivity contribution is 6.08. The van der Waals surface area contributed by atoms with Crippen molar-refractivity contribution in [3.05, 3.63) is 53.6 Å². The molecule has 0 unspecified atom stereocenters. The van der Waals surface area contributed by atoms with Crippen molar-refractivity contribution in [2.24, 2.45) is 0 Å². The van der Waals surface area contributed by atoms with Gasteiger partial charge in [0.2, 0.25) is 0 Å². The molecule has 1 amide bonds. The predicted octanol–water partition coefficient (Wildman–Crippen LogP) is 2.99. The third-order valence-corrected chi connectivity index (χ3v) is 4.85. The van der Waals surface area contributed by atoms with Crippen molar-refractivity contribution in [2.45, 2.75) is 32.3 Å². The van der Waals surface area contributed by atoms with Gasteiger partial charge in [0.25, 0.3) is 5.91 Å². The summed E-state index contributed by atoms with van der Waals surface area (Å²) in [6, 6.07) is 12.8. The molecule has 0 bridgehead atoms. The van der Waals surface area contributed by atoms with Crippen LogP contribution in [0.25, 0.3) is 0 Å². The Balaban J connectivity index is 1.68. The van der Waals surface area contributed by atoms with E-state index in [0.717, 1.165) is 17.1 Å². The van der Waals surface area contributed by atoms with E-state index in [1.165, 1.54) is 6.92 Å². The largest absolute Gasteiger partial charge is 0.497 e. The number of anilines is 1.